The SMILES string of the molecule is CCCN(CCC)C(C)(N)Cc1ccc([N+](=O)[O-])s1. The number of rotatable bonds is 8. The van der Waals surface area contributed by atoms with Gasteiger partial charge in [-0.15, -0.1) is 0 Å². The van der Waals surface area contributed by atoms with E-state index in [1.165, 1.54) is 11.3 Å². The Bertz CT molecular complexity index is 412. The molecule has 0 bridgehead atoms. The lowest BCUT2D eigenvalue weighted by molar-refractivity contribution is -0.380. The van der Waals surface area contributed by atoms with Crippen LogP contribution in [0.3, 0.4) is 0 Å². The zero-order chi connectivity index (χ0) is 14.5. The summed E-state index contributed by atoms with van der Waals surface area (Å²) in [5.74, 6) is 0. The van der Waals surface area contributed by atoms with Crippen molar-refractivity contribution in [3.05, 3.63) is 27.1 Å². The molecule has 108 valence electrons. The lowest BCUT2D eigenvalue weighted by atomic mass is 10.1. The summed E-state index contributed by atoms with van der Waals surface area (Å²) >= 11 is 1.22. The van der Waals surface area contributed by atoms with Crippen LogP contribution < -0.4 is 5.73 Å². The number of hydrogen-bond acceptors (Lipinski definition) is 5. The molecule has 0 aliphatic heterocycles. The first-order valence-corrected chi connectivity index (χ1v) is 7.49. The molecule has 0 saturated heterocycles. The van der Waals surface area contributed by atoms with Crippen LogP contribution in [0.15, 0.2) is 12.1 Å². The van der Waals surface area contributed by atoms with Crippen LogP contribution in [0.2, 0.25) is 0 Å². The summed E-state index contributed by atoms with van der Waals surface area (Å²) in [6.45, 7) is 8.18. The molecule has 0 aliphatic rings. The number of nitro groups is 1. The Kier molecular flexibility index (Phi) is 5.90. The summed E-state index contributed by atoms with van der Waals surface area (Å²) in [6, 6.07) is 3.37. The minimum atomic E-state index is -0.454. The molecule has 0 spiro atoms. The summed E-state index contributed by atoms with van der Waals surface area (Å²) in [7, 11) is 0. The number of nitrogens with zero attached hydrogens (tertiary/aromatic N) is 2. The molecule has 0 aromatic carbocycles. The third kappa shape index (κ3) is 4.56. The van der Waals surface area contributed by atoms with Crippen molar-refractivity contribution in [2.24, 2.45) is 5.73 Å². The van der Waals surface area contributed by atoms with Gasteiger partial charge in [-0.05, 0) is 38.9 Å². The molecule has 0 fully saturated rings. The Balaban J connectivity index is 2.77. The van der Waals surface area contributed by atoms with Crippen LogP contribution >= 0.6 is 11.3 Å². The molecule has 1 atom stereocenters. The lowest BCUT2D eigenvalue weighted by Crippen LogP contribution is -2.55. The minimum absolute atomic E-state index is 0.184. The minimum Gasteiger partial charge on any atom is -0.313 e. The predicted molar refractivity (Wildman–Crippen MR) is 79.4 cm³/mol. The predicted octanol–water partition coefficient (Wildman–Crippen LogP) is 3.00. The molecule has 1 unspecified atom stereocenters. The summed E-state index contributed by atoms with van der Waals surface area (Å²) < 4.78 is 0. The van der Waals surface area contributed by atoms with Gasteiger partial charge in [-0.25, -0.2) is 0 Å². The van der Waals surface area contributed by atoms with Crippen molar-refractivity contribution in [3.8, 4) is 0 Å². The van der Waals surface area contributed by atoms with Gasteiger partial charge in [0.05, 0.1) is 10.6 Å². The molecular weight excluding hydrogens is 262 g/mol. The number of nitrogens with two attached hydrogens (primary N) is 1. The molecule has 6 heteroatoms. The van der Waals surface area contributed by atoms with Gasteiger partial charge in [-0.1, -0.05) is 25.2 Å². The van der Waals surface area contributed by atoms with Crippen molar-refractivity contribution in [3.63, 3.8) is 0 Å². The largest absolute Gasteiger partial charge is 0.324 e. The lowest BCUT2D eigenvalue weighted by Gasteiger charge is -2.38. The Hall–Kier alpha value is -0.980. The van der Waals surface area contributed by atoms with Crippen LogP contribution in [-0.4, -0.2) is 28.6 Å². The topological polar surface area (TPSA) is 72.4 Å². The molecule has 0 amide bonds. The van der Waals surface area contributed by atoms with Crippen molar-refractivity contribution in [1.29, 1.82) is 0 Å². The smallest absolute Gasteiger partial charge is 0.313 e. The zero-order valence-electron chi connectivity index (χ0n) is 11.9. The molecule has 19 heavy (non-hydrogen) atoms. The highest BCUT2D eigenvalue weighted by Gasteiger charge is 2.27. The highest BCUT2D eigenvalue weighted by atomic mass is 32.1. The fourth-order valence-electron chi connectivity index (χ4n) is 2.19. The Morgan fingerprint density at radius 1 is 1.37 bits per heavy atom. The Morgan fingerprint density at radius 2 is 1.95 bits per heavy atom. The second-order valence-corrected chi connectivity index (χ2v) is 6.16. The first-order chi connectivity index (χ1) is 8.90. The fraction of sp³-hybridized carbons (Fsp3) is 0.692. The van der Waals surface area contributed by atoms with E-state index >= 15 is 0 Å². The average Bonchev–Trinajstić information content (AvgIpc) is 2.76. The molecular formula is C13H23N3O2S. The van der Waals surface area contributed by atoms with Gasteiger partial charge in [0.25, 0.3) is 0 Å². The van der Waals surface area contributed by atoms with E-state index in [1.54, 1.807) is 6.07 Å². The highest BCUT2D eigenvalue weighted by molar-refractivity contribution is 7.15. The molecule has 1 aromatic rings. The van der Waals surface area contributed by atoms with Crippen molar-refractivity contribution in [2.45, 2.75) is 45.7 Å². The Morgan fingerprint density at radius 3 is 2.37 bits per heavy atom. The maximum absolute atomic E-state index is 10.7. The third-order valence-electron chi connectivity index (χ3n) is 3.07. The van der Waals surface area contributed by atoms with Crippen LogP contribution in [0.5, 0.6) is 0 Å². The summed E-state index contributed by atoms with van der Waals surface area (Å²) in [5.41, 5.74) is 5.96. The van der Waals surface area contributed by atoms with Crippen LogP contribution in [0.4, 0.5) is 5.00 Å². The summed E-state index contributed by atoms with van der Waals surface area (Å²) in [4.78, 5) is 13.6. The van der Waals surface area contributed by atoms with Gasteiger partial charge in [-0.3, -0.25) is 15.0 Å². The summed E-state index contributed by atoms with van der Waals surface area (Å²) in [5, 5.41) is 10.9. The van der Waals surface area contributed by atoms with Crippen LogP contribution in [0.25, 0.3) is 0 Å². The number of thiophene rings is 1. The molecule has 2 N–H and O–H groups in total. The molecule has 1 heterocycles. The van der Waals surface area contributed by atoms with Gasteiger partial charge in [0, 0.05) is 17.4 Å². The molecule has 1 aromatic heterocycles. The van der Waals surface area contributed by atoms with E-state index in [-0.39, 0.29) is 9.92 Å². The van der Waals surface area contributed by atoms with Crippen LogP contribution in [0.1, 0.15) is 38.5 Å². The zero-order valence-corrected chi connectivity index (χ0v) is 12.7. The summed E-state index contributed by atoms with van der Waals surface area (Å²) in [6.07, 6.45) is 2.75. The second-order valence-electron chi connectivity index (χ2n) is 5.02. The van der Waals surface area contributed by atoms with E-state index in [4.69, 9.17) is 5.73 Å². The molecule has 0 saturated carbocycles. The first kappa shape index (κ1) is 16.1. The van der Waals surface area contributed by atoms with Crippen LogP contribution in [-0.2, 0) is 6.42 Å². The monoisotopic (exact) mass is 285 g/mol. The van der Waals surface area contributed by atoms with Crippen LogP contribution in [0, 0.1) is 10.1 Å². The van der Waals surface area contributed by atoms with E-state index in [2.05, 4.69) is 18.7 Å². The van der Waals surface area contributed by atoms with Gasteiger partial charge in [0.15, 0.2) is 0 Å². The third-order valence-corrected chi connectivity index (χ3v) is 4.11. The fourth-order valence-corrected chi connectivity index (χ4v) is 3.17. The van der Waals surface area contributed by atoms with Gasteiger partial charge in [-0.2, -0.15) is 0 Å². The van der Waals surface area contributed by atoms with Gasteiger partial charge in [0.1, 0.15) is 0 Å². The van der Waals surface area contributed by atoms with Crippen molar-refractivity contribution < 1.29 is 4.92 Å². The maximum atomic E-state index is 10.7. The quantitative estimate of drug-likeness (QED) is 0.453. The average molecular weight is 285 g/mol. The molecule has 1 rings (SSSR count). The van der Waals surface area contributed by atoms with Gasteiger partial charge >= 0.3 is 5.00 Å². The molecule has 0 aliphatic carbocycles. The van der Waals surface area contributed by atoms with E-state index in [1.807, 2.05) is 13.0 Å². The van der Waals surface area contributed by atoms with E-state index in [0.717, 1.165) is 30.8 Å². The van der Waals surface area contributed by atoms with Gasteiger partial charge in [0.2, 0.25) is 0 Å². The van der Waals surface area contributed by atoms with Gasteiger partial charge < -0.3 is 5.73 Å². The van der Waals surface area contributed by atoms with E-state index in [0.29, 0.717) is 6.42 Å². The van der Waals surface area contributed by atoms with Crippen molar-refractivity contribution in [2.75, 3.05) is 13.1 Å². The second kappa shape index (κ2) is 6.98. The molecule has 5 nitrogen and oxygen atoms in total. The maximum Gasteiger partial charge on any atom is 0.324 e. The standard InChI is InChI=1S/C13H23N3O2S/c1-4-8-15(9-5-2)13(3,14)10-11-6-7-12(19-11)16(17)18/h6-7H,4-5,8-10,14H2,1-3H3. The first-order valence-electron chi connectivity index (χ1n) is 6.67. The normalized spacial score (nSPS) is 14.6. The Labute approximate surface area is 118 Å². The van der Waals surface area contributed by atoms with Crippen molar-refractivity contribution >= 4 is 16.3 Å². The van der Waals surface area contributed by atoms with E-state index < -0.39 is 5.66 Å². The van der Waals surface area contributed by atoms with E-state index in [9.17, 15) is 10.1 Å². The number of hydrogen-bond donors (Lipinski definition) is 1. The molecule has 0 radical (unpaired) electrons. The highest BCUT2D eigenvalue weighted by Crippen LogP contribution is 2.27. The van der Waals surface area contributed by atoms with Crippen molar-refractivity contribution in [1.82, 2.24) is 4.90 Å².